The first-order chi connectivity index (χ1) is 14.2. The van der Waals surface area contributed by atoms with Crippen molar-refractivity contribution >= 4 is 28.8 Å². The third-order valence-corrected chi connectivity index (χ3v) is 6.17. The van der Waals surface area contributed by atoms with Crippen LogP contribution in [0.2, 0.25) is 0 Å². The van der Waals surface area contributed by atoms with Gasteiger partial charge in [0.2, 0.25) is 12.7 Å². The van der Waals surface area contributed by atoms with Crippen molar-refractivity contribution in [1.82, 2.24) is 5.32 Å². The van der Waals surface area contributed by atoms with E-state index in [4.69, 9.17) is 15.9 Å². The number of nitrogens with zero attached hydrogens (tertiary/aromatic N) is 1. The number of carbonyl (C=O) groups is 2. The monoisotopic (exact) mass is 410 g/mol. The summed E-state index contributed by atoms with van der Waals surface area (Å²) in [7, 11) is 0. The van der Waals surface area contributed by atoms with E-state index in [0.717, 1.165) is 30.6 Å². The van der Waals surface area contributed by atoms with Gasteiger partial charge in [-0.1, -0.05) is 25.3 Å². The average Bonchev–Trinajstić information content (AvgIpc) is 3.43. The van der Waals surface area contributed by atoms with Gasteiger partial charge in [-0.15, -0.1) is 17.8 Å². The van der Waals surface area contributed by atoms with Crippen molar-refractivity contribution in [3.8, 4) is 23.8 Å². The maximum atomic E-state index is 13.4. The Morgan fingerprint density at radius 2 is 1.97 bits per heavy atom. The van der Waals surface area contributed by atoms with Gasteiger partial charge in [-0.2, -0.15) is 0 Å². The van der Waals surface area contributed by atoms with Gasteiger partial charge in [-0.05, 0) is 42.3 Å². The number of fused-ring (bicyclic) bond motifs is 1. The quantitative estimate of drug-likeness (QED) is 0.765. The number of carbonyl (C=O) groups excluding carboxylic acids is 2. The number of anilines is 1. The smallest absolute Gasteiger partial charge is 0.303 e. The van der Waals surface area contributed by atoms with Gasteiger partial charge in [0.1, 0.15) is 0 Å². The molecule has 1 saturated carbocycles. The van der Waals surface area contributed by atoms with Crippen LogP contribution >= 0.6 is 11.3 Å². The van der Waals surface area contributed by atoms with Gasteiger partial charge < -0.3 is 14.8 Å². The Bertz CT molecular complexity index is 929. The van der Waals surface area contributed by atoms with Gasteiger partial charge in [0, 0.05) is 22.7 Å². The first-order valence-corrected chi connectivity index (χ1v) is 10.6. The van der Waals surface area contributed by atoms with Crippen LogP contribution in [0.5, 0.6) is 11.5 Å². The van der Waals surface area contributed by atoms with Crippen LogP contribution in [0.4, 0.5) is 5.69 Å². The highest BCUT2D eigenvalue weighted by molar-refractivity contribution is 7.10. The second-order valence-corrected chi connectivity index (χ2v) is 8.10. The van der Waals surface area contributed by atoms with E-state index >= 15 is 0 Å². The molecular weight excluding hydrogens is 388 g/mol. The van der Waals surface area contributed by atoms with E-state index in [0.29, 0.717) is 17.2 Å². The predicted molar refractivity (Wildman–Crippen MR) is 111 cm³/mol. The number of ether oxygens (including phenoxy) is 2. The van der Waals surface area contributed by atoms with Crippen LogP contribution in [-0.2, 0) is 9.59 Å². The van der Waals surface area contributed by atoms with Gasteiger partial charge >= 0.3 is 5.91 Å². The summed E-state index contributed by atoms with van der Waals surface area (Å²) in [4.78, 5) is 28.3. The maximum absolute atomic E-state index is 13.4. The molecule has 0 radical (unpaired) electrons. The Kier molecular flexibility index (Phi) is 5.72. The molecule has 0 bridgehead atoms. The standard InChI is InChI=1S/C22H22N2O4S/c1-2-20(25)24(16-10-11-17-18(13-16)28-14-27-17)21(19-9-6-12-29-19)22(26)23-15-7-4-3-5-8-15/h1,6,9-13,15,21H,3-5,7-8,14H2,(H,23,26). The Morgan fingerprint density at radius 1 is 1.17 bits per heavy atom. The van der Waals surface area contributed by atoms with Crippen LogP contribution in [0.1, 0.15) is 43.0 Å². The fraction of sp³-hybridized carbons (Fsp3) is 0.364. The Labute approximate surface area is 173 Å². The first-order valence-electron chi connectivity index (χ1n) is 9.70. The molecule has 1 atom stereocenters. The van der Waals surface area contributed by atoms with E-state index in [9.17, 15) is 9.59 Å². The summed E-state index contributed by atoms with van der Waals surface area (Å²) in [6.45, 7) is 0.123. The molecule has 4 rings (SSSR count). The third kappa shape index (κ3) is 4.08. The van der Waals surface area contributed by atoms with Gasteiger partial charge in [0.25, 0.3) is 0 Å². The second kappa shape index (κ2) is 8.58. The number of nitrogens with one attached hydrogen (secondary N) is 1. The predicted octanol–water partition coefficient (Wildman–Crippen LogP) is 3.63. The third-order valence-electron chi connectivity index (χ3n) is 5.25. The fourth-order valence-electron chi connectivity index (χ4n) is 3.84. The molecule has 1 aromatic heterocycles. The number of amides is 2. The van der Waals surface area contributed by atoms with Crippen LogP contribution in [0.25, 0.3) is 0 Å². The lowest BCUT2D eigenvalue weighted by molar-refractivity contribution is -0.125. The van der Waals surface area contributed by atoms with Crippen molar-refractivity contribution in [3.05, 3.63) is 40.6 Å². The summed E-state index contributed by atoms with van der Waals surface area (Å²) < 4.78 is 10.8. The van der Waals surface area contributed by atoms with Crippen LogP contribution < -0.4 is 19.7 Å². The zero-order chi connectivity index (χ0) is 20.2. The summed E-state index contributed by atoms with van der Waals surface area (Å²) in [6.07, 6.45) is 10.8. The lowest BCUT2D eigenvalue weighted by Crippen LogP contribution is -2.46. The number of benzene rings is 1. The van der Waals surface area contributed by atoms with Crippen molar-refractivity contribution in [3.63, 3.8) is 0 Å². The SMILES string of the molecule is C#CC(=O)N(c1ccc2c(c1)OCO2)C(C(=O)NC1CCCCC1)c1cccs1. The van der Waals surface area contributed by atoms with E-state index < -0.39 is 11.9 Å². The van der Waals surface area contributed by atoms with Crippen LogP contribution in [-0.4, -0.2) is 24.6 Å². The summed E-state index contributed by atoms with van der Waals surface area (Å²) in [5.74, 6) is 2.49. The molecule has 2 heterocycles. The molecule has 7 heteroatoms. The van der Waals surface area contributed by atoms with E-state index in [1.54, 1.807) is 18.2 Å². The molecule has 29 heavy (non-hydrogen) atoms. The summed E-state index contributed by atoms with van der Waals surface area (Å²) in [6, 6.07) is 8.11. The molecule has 1 N–H and O–H groups in total. The highest BCUT2D eigenvalue weighted by Gasteiger charge is 2.35. The molecule has 1 fully saturated rings. The molecule has 0 spiro atoms. The molecule has 6 nitrogen and oxygen atoms in total. The van der Waals surface area contributed by atoms with Gasteiger partial charge in [-0.3, -0.25) is 14.5 Å². The molecular formula is C22H22N2O4S. The van der Waals surface area contributed by atoms with Crippen molar-refractivity contribution in [2.45, 2.75) is 44.2 Å². The number of rotatable bonds is 5. The molecule has 1 aliphatic carbocycles. The van der Waals surface area contributed by atoms with Crippen molar-refractivity contribution in [1.29, 1.82) is 0 Å². The number of thiophene rings is 1. The summed E-state index contributed by atoms with van der Waals surface area (Å²) in [5, 5.41) is 5.02. The van der Waals surface area contributed by atoms with E-state index in [2.05, 4.69) is 11.2 Å². The maximum Gasteiger partial charge on any atom is 0.303 e. The minimum atomic E-state index is -0.846. The first kappa shape index (κ1) is 19.3. The molecule has 0 saturated heterocycles. The van der Waals surface area contributed by atoms with Crippen LogP contribution in [0.3, 0.4) is 0 Å². The van der Waals surface area contributed by atoms with Gasteiger partial charge in [0.05, 0.1) is 0 Å². The highest BCUT2D eigenvalue weighted by Crippen LogP contribution is 2.38. The molecule has 2 aromatic rings. The molecule has 1 aliphatic heterocycles. The van der Waals surface area contributed by atoms with E-state index in [1.807, 2.05) is 17.5 Å². The fourth-order valence-corrected chi connectivity index (χ4v) is 4.65. The second-order valence-electron chi connectivity index (χ2n) is 7.12. The number of terminal acetylenes is 1. The Balaban J connectivity index is 1.70. The molecule has 2 amide bonds. The summed E-state index contributed by atoms with van der Waals surface area (Å²) >= 11 is 1.42. The van der Waals surface area contributed by atoms with Crippen LogP contribution in [0, 0.1) is 12.3 Å². The minimum Gasteiger partial charge on any atom is -0.454 e. The highest BCUT2D eigenvalue weighted by atomic mass is 32.1. The average molecular weight is 410 g/mol. The Hall–Kier alpha value is -2.98. The normalized spacial score (nSPS) is 16.7. The zero-order valence-electron chi connectivity index (χ0n) is 15.9. The lowest BCUT2D eigenvalue weighted by Gasteiger charge is -2.31. The number of hydrogen-bond acceptors (Lipinski definition) is 5. The Morgan fingerprint density at radius 3 is 2.69 bits per heavy atom. The van der Waals surface area contributed by atoms with Crippen molar-refractivity contribution in [2.75, 3.05) is 11.7 Å². The van der Waals surface area contributed by atoms with E-state index in [-0.39, 0.29) is 18.7 Å². The van der Waals surface area contributed by atoms with Crippen LogP contribution in [0.15, 0.2) is 35.7 Å². The molecule has 1 unspecified atom stereocenters. The number of hydrogen-bond donors (Lipinski definition) is 1. The van der Waals surface area contributed by atoms with Crippen molar-refractivity contribution in [2.24, 2.45) is 0 Å². The lowest BCUT2D eigenvalue weighted by atomic mass is 9.95. The zero-order valence-corrected chi connectivity index (χ0v) is 16.7. The van der Waals surface area contributed by atoms with Gasteiger partial charge in [-0.25, -0.2) is 0 Å². The molecule has 1 aromatic carbocycles. The topological polar surface area (TPSA) is 67.9 Å². The van der Waals surface area contributed by atoms with Gasteiger partial charge in [0.15, 0.2) is 17.5 Å². The largest absolute Gasteiger partial charge is 0.454 e. The molecule has 150 valence electrons. The van der Waals surface area contributed by atoms with Crippen molar-refractivity contribution < 1.29 is 19.1 Å². The minimum absolute atomic E-state index is 0.123. The summed E-state index contributed by atoms with van der Waals surface area (Å²) in [5.41, 5.74) is 0.495. The molecule has 2 aliphatic rings. The van der Waals surface area contributed by atoms with E-state index in [1.165, 1.54) is 22.7 Å².